The summed E-state index contributed by atoms with van der Waals surface area (Å²) in [6.45, 7) is 1.74. The molecule has 22 heavy (non-hydrogen) atoms. The summed E-state index contributed by atoms with van der Waals surface area (Å²) in [4.78, 5) is 3.18. The van der Waals surface area contributed by atoms with Gasteiger partial charge in [0.1, 0.15) is 0 Å². The highest BCUT2D eigenvalue weighted by Crippen LogP contribution is 2.25. The average Bonchev–Trinajstić information content (AvgIpc) is 2.91. The van der Waals surface area contributed by atoms with Gasteiger partial charge in [-0.3, -0.25) is 0 Å². The van der Waals surface area contributed by atoms with Gasteiger partial charge in [0.05, 0.1) is 5.75 Å². The molecule has 1 aromatic carbocycles. The lowest BCUT2D eigenvalue weighted by Gasteiger charge is -2.25. The minimum Gasteiger partial charge on any atom is -0.361 e. The predicted octanol–water partition coefficient (Wildman–Crippen LogP) is 1.98. The van der Waals surface area contributed by atoms with Crippen molar-refractivity contribution in [2.45, 2.75) is 25.8 Å². The van der Waals surface area contributed by atoms with Gasteiger partial charge in [-0.15, -0.1) is 0 Å². The Labute approximate surface area is 131 Å². The standard InChI is InChI=1S/C16H23N3O2S/c20-22(21,19-11-13-3-1-4-13)10-9-17-12-14-5-2-6-16-15(14)7-8-18-16/h2,5-8,13,17-19H,1,3-4,9-12H2. The Morgan fingerprint density at radius 3 is 2.86 bits per heavy atom. The summed E-state index contributed by atoms with van der Waals surface area (Å²) in [5, 5.41) is 4.40. The zero-order valence-corrected chi connectivity index (χ0v) is 13.5. The number of hydrogen-bond acceptors (Lipinski definition) is 3. The van der Waals surface area contributed by atoms with E-state index >= 15 is 0 Å². The SMILES string of the molecule is O=S(=O)(CCNCc1cccc2[nH]ccc12)NCC1CCC1. The molecule has 120 valence electrons. The minimum absolute atomic E-state index is 0.128. The van der Waals surface area contributed by atoms with Crippen molar-refractivity contribution in [3.63, 3.8) is 0 Å². The van der Waals surface area contributed by atoms with Crippen molar-refractivity contribution in [3.05, 3.63) is 36.0 Å². The molecule has 1 aliphatic rings. The zero-order valence-electron chi connectivity index (χ0n) is 12.6. The minimum atomic E-state index is -3.16. The number of sulfonamides is 1. The Morgan fingerprint density at radius 1 is 1.23 bits per heavy atom. The molecule has 0 spiro atoms. The van der Waals surface area contributed by atoms with Crippen molar-refractivity contribution in [2.75, 3.05) is 18.8 Å². The van der Waals surface area contributed by atoms with Crippen LogP contribution in [0.1, 0.15) is 24.8 Å². The van der Waals surface area contributed by atoms with E-state index in [1.807, 2.05) is 24.4 Å². The molecule has 0 aliphatic heterocycles. The van der Waals surface area contributed by atoms with Gasteiger partial charge in [-0.05, 0) is 36.5 Å². The second kappa shape index (κ2) is 6.81. The third kappa shape index (κ3) is 3.88. The monoisotopic (exact) mass is 321 g/mol. The lowest BCUT2D eigenvalue weighted by atomic mass is 9.86. The summed E-state index contributed by atoms with van der Waals surface area (Å²) in [6.07, 6.45) is 5.46. The van der Waals surface area contributed by atoms with Gasteiger partial charge in [-0.25, -0.2) is 13.1 Å². The van der Waals surface area contributed by atoms with Crippen molar-refractivity contribution in [1.82, 2.24) is 15.0 Å². The number of hydrogen-bond donors (Lipinski definition) is 3. The van der Waals surface area contributed by atoms with E-state index < -0.39 is 10.0 Å². The van der Waals surface area contributed by atoms with Crippen LogP contribution in [0.3, 0.4) is 0 Å². The Bertz CT molecular complexity index is 720. The lowest BCUT2D eigenvalue weighted by Crippen LogP contribution is -2.36. The fraction of sp³-hybridized carbons (Fsp3) is 0.500. The number of H-pyrrole nitrogens is 1. The molecule has 1 aliphatic carbocycles. The van der Waals surface area contributed by atoms with Crippen LogP contribution in [-0.4, -0.2) is 32.2 Å². The number of fused-ring (bicyclic) bond motifs is 1. The molecule has 2 aromatic rings. The largest absolute Gasteiger partial charge is 0.361 e. The summed E-state index contributed by atoms with van der Waals surface area (Å²) in [6, 6.07) is 8.15. The molecular weight excluding hydrogens is 298 g/mol. The van der Waals surface area contributed by atoms with Crippen LogP contribution in [0.15, 0.2) is 30.5 Å². The Balaban J connectivity index is 1.43. The summed E-state index contributed by atoms with van der Waals surface area (Å²) >= 11 is 0. The third-order valence-corrected chi connectivity index (χ3v) is 5.71. The van der Waals surface area contributed by atoms with Crippen molar-refractivity contribution in [1.29, 1.82) is 0 Å². The van der Waals surface area contributed by atoms with Gasteiger partial charge < -0.3 is 10.3 Å². The molecule has 0 unspecified atom stereocenters. The highest BCUT2D eigenvalue weighted by atomic mass is 32.2. The molecule has 1 aromatic heterocycles. The van der Waals surface area contributed by atoms with Crippen LogP contribution in [-0.2, 0) is 16.6 Å². The second-order valence-electron chi connectivity index (χ2n) is 6.00. The van der Waals surface area contributed by atoms with E-state index in [1.54, 1.807) is 0 Å². The normalized spacial score (nSPS) is 16.0. The van der Waals surface area contributed by atoms with E-state index in [0.29, 0.717) is 25.6 Å². The average molecular weight is 321 g/mol. The topological polar surface area (TPSA) is 74.0 Å². The molecule has 0 saturated heterocycles. The third-order valence-electron chi connectivity index (χ3n) is 4.36. The van der Waals surface area contributed by atoms with E-state index in [-0.39, 0.29) is 5.75 Å². The van der Waals surface area contributed by atoms with Gasteiger partial charge in [-0.2, -0.15) is 0 Å². The first-order valence-electron chi connectivity index (χ1n) is 7.87. The number of aromatic amines is 1. The zero-order chi connectivity index (χ0) is 15.4. The maximum Gasteiger partial charge on any atom is 0.212 e. The van der Waals surface area contributed by atoms with E-state index in [0.717, 1.165) is 18.4 Å². The molecule has 6 heteroatoms. The molecule has 1 saturated carbocycles. The van der Waals surface area contributed by atoms with Crippen LogP contribution < -0.4 is 10.0 Å². The van der Waals surface area contributed by atoms with E-state index in [2.05, 4.69) is 21.1 Å². The molecule has 0 radical (unpaired) electrons. The van der Waals surface area contributed by atoms with Crippen molar-refractivity contribution in [2.24, 2.45) is 5.92 Å². The lowest BCUT2D eigenvalue weighted by molar-refractivity contribution is 0.316. The van der Waals surface area contributed by atoms with Gasteiger partial charge in [-0.1, -0.05) is 18.6 Å². The maximum atomic E-state index is 11.9. The molecule has 1 fully saturated rings. The van der Waals surface area contributed by atoms with Gasteiger partial charge in [0.25, 0.3) is 0 Å². The van der Waals surface area contributed by atoms with Gasteiger partial charge >= 0.3 is 0 Å². The highest BCUT2D eigenvalue weighted by molar-refractivity contribution is 7.89. The highest BCUT2D eigenvalue weighted by Gasteiger charge is 2.19. The van der Waals surface area contributed by atoms with Gasteiger partial charge in [0.15, 0.2) is 0 Å². The molecule has 0 atom stereocenters. The summed E-state index contributed by atoms with van der Waals surface area (Å²) in [5.74, 6) is 0.678. The second-order valence-corrected chi connectivity index (χ2v) is 7.92. The fourth-order valence-electron chi connectivity index (χ4n) is 2.75. The number of rotatable bonds is 8. The number of nitrogens with one attached hydrogen (secondary N) is 3. The van der Waals surface area contributed by atoms with E-state index in [4.69, 9.17) is 0 Å². The maximum absolute atomic E-state index is 11.9. The van der Waals surface area contributed by atoms with E-state index in [1.165, 1.54) is 17.4 Å². The Hall–Kier alpha value is -1.37. The molecule has 3 N–H and O–H groups in total. The van der Waals surface area contributed by atoms with Crippen LogP contribution in [0.2, 0.25) is 0 Å². The number of aromatic nitrogens is 1. The van der Waals surface area contributed by atoms with Crippen LogP contribution in [0.4, 0.5) is 0 Å². The van der Waals surface area contributed by atoms with Crippen LogP contribution in [0.25, 0.3) is 10.9 Å². The molecular formula is C16H23N3O2S. The summed E-state index contributed by atoms with van der Waals surface area (Å²) in [5.41, 5.74) is 2.28. The number of benzene rings is 1. The van der Waals surface area contributed by atoms with Crippen LogP contribution >= 0.6 is 0 Å². The predicted molar refractivity (Wildman–Crippen MR) is 89.1 cm³/mol. The Kier molecular flexibility index (Phi) is 4.81. The Morgan fingerprint density at radius 2 is 2.09 bits per heavy atom. The molecule has 1 heterocycles. The van der Waals surface area contributed by atoms with E-state index in [9.17, 15) is 8.42 Å². The smallest absolute Gasteiger partial charge is 0.212 e. The molecule has 0 amide bonds. The first-order valence-corrected chi connectivity index (χ1v) is 9.52. The quantitative estimate of drug-likeness (QED) is 0.651. The van der Waals surface area contributed by atoms with Crippen molar-refractivity contribution < 1.29 is 8.42 Å². The summed E-state index contributed by atoms with van der Waals surface area (Å²) in [7, 11) is -3.16. The first kappa shape index (κ1) is 15.5. The van der Waals surface area contributed by atoms with Crippen molar-refractivity contribution in [3.8, 4) is 0 Å². The van der Waals surface area contributed by atoms with Gasteiger partial charge in [0, 0.05) is 36.7 Å². The first-order chi connectivity index (χ1) is 10.6. The molecule has 0 bridgehead atoms. The van der Waals surface area contributed by atoms with Crippen LogP contribution in [0.5, 0.6) is 0 Å². The summed E-state index contributed by atoms with van der Waals surface area (Å²) < 4.78 is 26.5. The molecule has 3 rings (SSSR count). The fourth-order valence-corrected chi connectivity index (χ4v) is 3.80. The molecule has 5 nitrogen and oxygen atoms in total. The van der Waals surface area contributed by atoms with Crippen LogP contribution in [0, 0.1) is 5.92 Å². The van der Waals surface area contributed by atoms with Gasteiger partial charge in [0.2, 0.25) is 10.0 Å². The van der Waals surface area contributed by atoms with Crippen molar-refractivity contribution >= 4 is 20.9 Å².